The third kappa shape index (κ3) is 1.92. The maximum Gasteiger partial charge on any atom is 0.114 e. The molecule has 1 fully saturated rings. The largest absolute Gasteiger partial charge is 0.300 e. The van der Waals surface area contributed by atoms with Crippen LogP contribution >= 0.6 is 0 Å². The van der Waals surface area contributed by atoms with Crippen LogP contribution in [0.4, 0.5) is 4.39 Å². The van der Waals surface area contributed by atoms with Crippen molar-refractivity contribution >= 4 is 0 Å². The predicted octanol–water partition coefficient (Wildman–Crippen LogP) is 2.07. The molecule has 2 heteroatoms. The summed E-state index contributed by atoms with van der Waals surface area (Å²) in [6.07, 6.45) is 1.31. The molecule has 3 unspecified atom stereocenters. The van der Waals surface area contributed by atoms with Gasteiger partial charge in [0.25, 0.3) is 0 Å². The van der Waals surface area contributed by atoms with Crippen LogP contribution in [0.1, 0.15) is 26.7 Å². The first-order chi connectivity index (χ1) is 5.15. The minimum atomic E-state index is -0.584. The molecule has 0 spiro atoms. The first-order valence-electron chi connectivity index (χ1n) is 4.49. The van der Waals surface area contributed by atoms with Crippen molar-refractivity contribution in [1.29, 1.82) is 0 Å². The van der Waals surface area contributed by atoms with Gasteiger partial charge in [0.2, 0.25) is 0 Å². The maximum atomic E-state index is 12.9. The monoisotopic (exact) mass is 159 g/mol. The molecule has 0 aromatic carbocycles. The van der Waals surface area contributed by atoms with Crippen LogP contribution in [0.5, 0.6) is 0 Å². The van der Waals surface area contributed by atoms with Gasteiger partial charge in [-0.1, -0.05) is 20.3 Å². The Morgan fingerprint density at radius 2 is 2.27 bits per heavy atom. The van der Waals surface area contributed by atoms with Gasteiger partial charge in [-0.05, 0) is 19.4 Å². The lowest BCUT2D eigenvalue weighted by molar-refractivity contribution is 0.233. The highest BCUT2D eigenvalue weighted by Gasteiger charge is 2.31. The van der Waals surface area contributed by atoms with Crippen LogP contribution in [0.25, 0.3) is 0 Å². The van der Waals surface area contributed by atoms with Crippen LogP contribution < -0.4 is 0 Å². The van der Waals surface area contributed by atoms with Gasteiger partial charge in [-0.15, -0.1) is 0 Å². The van der Waals surface area contributed by atoms with Gasteiger partial charge in [0.05, 0.1) is 0 Å². The molecule has 0 N–H and O–H groups in total. The van der Waals surface area contributed by atoms with Crippen molar-refractivity contribution in [3.8, 4) is 0 Å². The fourth-order valence-electron chi connectivity index (χ4n) is 1.90. The molecule has 1 heterocycles. The third-order valence-corrected chi connectivity index (χ3v) is 2.85. The van der Waals surface area contributed by atoms with Gasteiger partial charge >= 0.3 is 0 Å². The second-order valence-corrected chi connectivity index (χ2v) is 3.73. The highest BCUT2D eigenvalue weighted by Crippen LogP contribution is 2.25. The zero-order chi connectivity index (χ0) is 8.43. The number of likely N-dealkylation sites (tertiary alicyclic amines) is 1. The molecular weight excluding hydrogens is 141 g/mol. The summed E-state index contributed by atoms with van der Waals surface area (Å²) in [5.74, 6) is 0.640. The van der Waals surface area contributed by atoms with Gasteiger partial charge in [0.15, 0.2) is 0 Å². The van der Waals surface area contributed by atoms with E-state index in [4.69, 9.17) is 0 Å². The smallest absolute Gasteiger partial charge is 0.114 e. The van der Waals surface area contributed by atoms with Crippen molar-refractivity contribution in [2.45, 2.75) is 38.9 Å². The van der Waals surface area contributed by atoms with Crippen LogP contribution in [0.2, 0.25) is 0 Å². The molecule has 11 heavy (non-hydrogen) atoms. The van der Waals surface area contributed by atoms with E-state index in [-0.39, 0.29) is 0 Å². The summed E-state index contributed by atoms with van der Waals surface area (Å²) in [7, 11) is 2.02. The third-order valence-electron chi connectivity index (χ3n) is 2.85. The molecule has 1 nitrogen and oxygen atoms in total. The topological polar surface area (TPSA) is 3.24 Å². The van der Waals surface area contributed by atoms with Crippen molar-refractivity contribution in [3.63, 3.8) is 0 Å². The minimum Gasteiger partial charge on any atom is -0.300 e. The molecular formula is C9H18FN. The van der Waals surface area contributed by atoms with Crippen LogP contribution in [0, 0.1) is 5.92 Å². The number of hydrogen-bond acceptors (Lipinski definition) is 1. The quantitative estimate of drug-likeness (QED) is 0.596. The van der Waals surface area contributed by atoms with Crippen LogP contribution in [-0.4, -0.2) is 30.7 Å². The summed E-state index contributed by atoms with van der Waals surface area (Å²) in [6, 6.07) is 0.481. The number of alkyl halides is 1. The zero-order valence-corrected chi connectivity index (χ0v) is 7.68. The Hall–Kier alpha value is -0.110. The van der Waals surface area contributed by atoms with Crippen LogP contribution in [0.3, 0.4) is 0 Å². The predicted molar refractivity (Wildman–Crippen MR) is 45.4 cm³/mol. The Morgan fingerprint density at radius 3 is 2.64 bits per heavy atom. The molecule has 0 radical (unpaired) electrons. The van der Waals surface area contributed by atoms with Gasteiger partial charge < -0.3 is 4.90 Å². The average Bonchev–Trinajstić information content (AvgIpc) is 2.28. The standard InChI is InChI=1S/C9H18FN/c1-4-7(2)9-5-8(10)6-11(9)3/h7-9H,4-6H2,1-3H3. The minimum absolute atomic E-state index is 0.481. The molecule has 0 aliphatic carbocycles. The summed E-state index contributed by atoms with van der Waals surface area (Å²) >= 11 is 0. The summed E-state index contributed by atoms with van der Waals surface area (Å²) in [5.41, 5.74) is 0. The van der Waals surface area contributed by atoms with E-state index in [1.54, 1.807) is 0 Å². The first kappa shape index (κ1) is 8.98. The van der Waals surface area contributed by atoms with Crippen LogP contribution in [-0.2, 0) is 0 Å². The zero-order valence-electron chi connectivity index (χ0n) is 7.68. The van der Waals surface area contributed by atoms with E-state index < -0.39 is 6.17 Å². The Balaban J connectivity index is 2.45. The molecule has 3 atom stereocenters. The Kier molecular flexibility index (Phi) is 2.88. The number of rotatable bonds is 2. The number of hydrogen-bond donors (Lipinski definition) is 0. The van der Waals surface area contributed by atoms with E-state index >= 15 is 0 Å². The lowest BCUT2D eigenvalue weighted by atomic mass is 9.97. The second kappa shape index (κ2) is 3.53. The SMILES string of the molecule is CCC(C)C1CC(F)CN1C. The molecule has 0 amide bonds. The fourth-order valence-corrected chi connectivity index (χ4v) is 1.90. The van der Waals surface area contributed by atoms with Crippen LogP contribution in [0.15, 0.2) is 0 Å². The number of nitrogens with zero attached hydrogens (tertiary/aromatic N) is 1. The number of halogens is 1. The molecule has 1 rings (SSSR count). The van der Waals surface area contributed by atoms with Crippen molar-refractivity contribution < 1.29 is 4.39 Å². The summed E-state index contributed by atoms with van der Waals surface area (Å²) in [6.45, 7) is 5.01. The molecule has 0 aromatic rings. The molecule has 1 aliphatic heterocycles. The van der Waals surface area contributed by atoms with Gasteiger partial charge in [-0.2, -0.15) is 0 Å². The Bertz CT molecular complexity index is 123. The second-order valence-electron chi connectivity index (χ2n) is 3.73. The lowest BCUT2D eigenvalue weighted by Crippen LogP contribution is -2.30. The summed E-state index contributed by atoms with van der Waals surface area (Å²) in [5, 5.41) is 0. The molecule has 0 bridgehead atoms. The molecule has 1 saturated heterocycles. The van der Waals surface area contributed by atoms with E-state index in [2.05, 4.69) is 18.7 Å². The summed E-state index contributed by atoms with van der Waals surface area (Å²) < 4.78 is 12.9. The lowest BCUT2D eigenvalue weighted by Gasteiger charge is -2.24. The molecule has 0 saturated carbocycles. The van der Waals surface area contributed by atoms with Gasteiger partial charge in [0.1, 0.15) is 6.17 Å². The maximum absolute atomic E-state index is 12.9. The Labute approximate surface area is 68.6 Å². The highest BCUT2D eigenvalue weighted by molar-refractivity contribution is 4.85. The fraction of sp³-hybridized carbons (Fsp3) is 1.00. The van der Waals surface area contributed by atoms with Gasteiger partial charge in [-0.25, -0.2) is 4.39 Å². The van der Waals surface area contributed by atoms with Gasteiger partial charge in [-0.3, -0.25) is 0 Å². The van der Waals surface area contributed by atoms with E-state index in [1.165, 1.54) is 0 Å². The van der Waals surface area contributed by atoms with Gasteiger partial charge in [0, 0.05) is 12.6 Å². The summed E-state index contributed by atoms with van der Waals surface area (Å²) in [4.78, 5) is 2.15. The first-order valence-corrected chi connectivity index (χ1v) is 4.49. The highest BCUT2D eigenvalue weighted by atomic mass is 19.1. The van der Waals surface area contributed by atoms with Crippen molar-refractivity contribution in [2.24, 2.45) is 5.92 Å². The van der Waals surface area contributed by atoms with E-state index in [0.717, 1.165) is 12.8 Å². The van der Waals surface area contributed by atoms with Crippen molar-refractivity contribution in [2.75, 3.05) is 13.6 Å². The van der Waals surface area contributed by atoms with Crippen molar-refractivity contribution in [3.05, 3.63) is 0 Å². The molecule has 66 valence electrons. The Morgan fingerprint density at radius 1 is 1.64 bits per heavy atom. The van der Waals surface area contributed by atoms with E-state index in [1.807, 2.05) is 7.05 Å². The molecule has 0 aromatic heterocycles. The normalized spacial score (nSPS) is 36.0. The van der Waals surface area contributed by atoms with Crippen molar-refractivity contribution in [1.82, 2.24) is 4.90 Å². The molecule has 1 aliphatic rings. The van der Waals surface area contributed by atoms with E-state index in [0.29, 0.717) is 18.5 Å². The van der Waals surface area contributed by atoms with E-state index in [9.17, 15) is 4.39 Å². The average molecular weight is 159 g/mol.